The average molecular weight is 477 g/mol. The summed E-state index contributed by atoms with van der Waals surface area (Å²) in [4.78, 5) is 36.8. The summed E-state index contributed by atoms with van der Waals surface area (Å²) in [6, 6.07) is 16.3. The summed E-state index contributed by atoms with van der Waals surface area (Å²) >= 11 is 0. The zero-order valence-corrected chi connectivity index (χ0v) is 19.8. The molecule has 0 heterocycles. The number of rotatable bonds is 8. The Labute approximate surface area is 205 Å². The number of alkyl carbamates (subject to hydrolysis) is 1. The van der Waals surface area contributed by atoms with Gasteiger partial charge >= 0.3 is 12.1 Å². The number of carbonyl (C=O) groups is 3. The van der Waals surface area contributed by atoms with Crippen molar-refractivity contribution in [3.05, 3.63) is 59.7 Å². The lowest BCUT2D eigenvalue weighted by Gasteiger charge is -2.32. The Kier molecular flexibility index (Phi) is 6.50. The van der Waals surface area contributed by atoms with Crippen LogP contribution in [0.25, 0.3) is 11.1 Å². The highest BCUT2D eigenvalue weighted by atomic mass is 16.5. The van der Waals surface area contributed by atoms with Crippen LogP contribution in [0.2, 0.25) is 0 Å². The highest BCUT2D eigenvalue weighted by Gasteiger charge is 2.51. The van der Waals surface area contributed by atoms with Crippen LogP contribution < -0.4 is 10.6 Å². The molecular formula is C28H32N2O5. The van der Waals surface area contributed by atoms with Crippen molar-refractivity contribution in [2.45, 2.75) is 56.9 Å². The maximum atomic E-state index is 13.0. The molecule has 2 aromatic carbocycles. The van der Waals surface area contributed by atoms with Gasteiger partial charge in [-0.3, -0.25) is 9.59 Å². The van der Waals surface area contributed by atoms with Crippen molar-refractivity contribution < 1.29 is 24.2 Å². The molecule has 0 aromatic heterocycles. The quantitative estimate of drug-likeness (QED) is 0.522. The number of ether oxygens (including phenoxy) is 1. The largest absolute Gasteiger partial charge is 0.481 e. The SMILES string of the molecule is O=C(O)C[C@@H]1CCCC[C@@H]1NC(=O)C1(CNC(=O)OCC2c3ccccc3-c3ccccc32)CC1. The van der Waals surface area contributed by atoms with E-state index in [9.17, 15) is 19.5 Å². The summed E-state index contributed by atoms with van der Waals surface area (Å²) in [5, 5.41) is 15.1. The summed E-state index contributed by atoms with van der Waals surface area (Å²) in [6.45, 7) is 0.462. The van der Waals surface area contributed by atoms with Crippen molar-refractivity contribution >= 4 is 18.0 Å². The first kappa shape index (κ1) is 23.4. The minimum atomic E-state index is -0.825. The Balaban J connectivity index is 1.15. The molecule has 0 bridgehead atoms. The summed E-state index contributed by atoms with van der Waals surface area (Å²) < 4.78 is 5.61. The average Bonchev–Trinajstić information content (AvgIpc) is 3.59. The molecule has 0 saturated heterocycles. The number of nitrogens with one attached hydrogen (secondary N) is 2. The summed E-state index contributed by atoms with van der Waals surface area (Å²) in [5.41, 5.74) is 4.05. The number of amides is 2. The number of hydrogen-bond donors (Lipinski definition) is 3. The number of benzene rings is 2. The van der Waals surface area contributed by atoms with Crippen molar-refractivity contribution in [1.29, 1.82) is 0 Å². The van der Waals surface area contributed by atoms with Crippen LogP contribution in [-0.4, -0.2) is 42.3 Å². The van der Waals surface area contributed by atoms with Crippen LogP contribution in [0.15, 0.2) is 48.5 Å². The molecular weight excluding hydrogens is 444 g/mol. The predicted octanol–water partition coefficient (Wildman–Crippen LogP) is 4.46. The standard InChI is InChI=1S/C28H32N2O5/c31-25(32)15-18-7-1-6-12-24(18)30-26(33)28(13-14-28)17-29-27(34)35-16-23-21-10-4-2-8-19(21)20-9-3-5-11-22(20)23/h2-5,8-11,18,23-24H,1,6-7,12-17H2,(H,29,34)(H,30,33)(H,31,32)/t18-,24-/m0/s1. The van der Waals surface area contributed by atoms with Crippen LogP contribution in [-0.2, 0) is 14.3 Å². The molecule has 2 aromatic rings. The second-order valence-corrected chi connectivity index (χ2v) is 10.2. The van der Waals surface area contributed by atoms with E-state index in [-0.39, 0.29) is 43.4 Å². The third-order valence-corrected chi connectivity index (χ3v) is 7.91. The maximum Gasteiger partial charge on any atom is 0.407 e. The van der Waals surface area contributed by atoms with Crippen molar-refractivity contribution in [1.82, 2.24) is 10.6 Å². The van der Waals surface area contributed by atoms with Crippen LogP contribution in [0.5, 0.6) is 0 Å². The Hall–Kier alpha value is -3.35. The smallest absolute Gasteiger partial charge is 0.407 e. The van der Waals surface area contributed by atoms with Gasteiger partial charge in [-0.15, -0.1) is 0 Å². The van der Waals surface area contributed by atoms with Crippen molar-refractivity contribution in [2.24, 2.45) is 11.3 Å². The molecule has 184 valence electrons. The molecule has 3 aliphatic carbocycles. The fourth-order valence-electron chi connectivity index (χ4n) is 5.71. The normalized spacial score (nSPS) is 21.9. The van der Waals surface area contributed by atoms with E-state index in [1.807, 2.05) is 24.3 Å². The van der Waals surface area contributed by atoms with Gasteiger partial charge in [0.05, 0.1) is 11.8 Å². The molecule has 7 heteroatoms. The van der Waals surface area contributed by atoms with Crippen molar-refractivity contribution in [2.75, 3.05) is 13.2 Å². The second-order valence-electron chi connectivity index (χ2n) is 10.2. The van der Waals surface area contributed by atoms with Gasteiger partial charge in [-0.1, -0.05) is 61.4 Å². The predicted molar refractivity (Wildman–Crippen MR) is 131 cm³/mol. The van der Waals surface area contributed by atoms with Crippen molar-refractivity contribution in [3.8, 4) is 11.1 Å². The number of carboxylic acids is 1. The van der Waals surface area contributed by atoms with E-state index in [1.54, 1.807) is 0 Å². The van der Waals surface area contributed by atoms with Gasteiger partial charge in [-0.2, -0.15) is 0 Å². The number of carbonyl (C=O) groups excluding carboxylic acids is 2. The first-order valence-corrected chi connectivity index (χ1v) is 12.6. The molecule has 0 radical (unpaired) electrons. The fourth-order valence-corrected chi connectivity index (χ4v) is 5.71. The van der Waals surface area contributed by atoms with Crippen LogP contribution >= 0.6 is 0 Å². The highest BCUT2D eigenvalue weighted by Crippen LogP contribution is 2.46. The first-order valence-electron chi connectivity index (χ1n) is 12.6. The third kappa shape index (κ3) is 4.90. The van der Waals surface area contributed by atoms with Gasteiger partial charge in [0.15, 0.2) is 0 Å². The second kappa shape index (κ2) is 9.72. The van der Waals surface area contributed by atoms with Gasteiger partial charge in [0, 0.05) is 18.5 Å². The Morgan fingerprint density at radius 2 is 1.57 bits per heavy atom. The first-order chi connectivity index (χ1) is 17.0. The number of hydrogen-bond acceptors (Lipinski definition) is 4. The lowest BCUT2D eigenvalue weighted by atomic mass is 9.82. The molecule has 3 aliphatic rings. The van der Waals surface area contributed by atoms with E-state index in [2.05, 4.69) is 34.9 Å². The lowest BCUT2D eigenvalue weighted by molar-refractivity contribution is -0.139. The maximum absolute atomic E-state index is 13.0. The monoisotopic (exact) mass is 476 g/mol. The van der Waals surface area contributed by atoms with E-state index in [1.165, 1.54) is 11.1 Å². The van der Waals surface area contributed by atoms with Crippen LogP contribution in [0, 0.1) is 11.3 Å². The van der Waals surface area contributed by atoms with E-state index in [0.717, 1.165) is 36.8 Å². The minimum absolute atomic E-state index is 0.0104. The Bertz CT molecular complexity index is 1080. The molecule has 35 heavy (non-hydrogen) atoms. The molecule has 0 unspecified atom stereocenters. The molecule has 2 saturated carbocycles. The lowest BCUT2D eigenvalue weighted by Crippen LogP contribution is -2.48. The zero-order valence-electron chi connectivity index (χ0n) is 19.8. The van der Waals surface area contributed by atoms with E-state index in [4.69, 9.17) is 4.74 Å². The summed E-state index contributed by atoms with van der Waals surface area (Å²) in [7, 11) is 0. The molecule has 3 N–H and O–H groups in total. The molecule has 2 fully saturated rings. The van der Waals surface area contributed by atoms with Gasteiger partial charge in [0.25, 0.3) is 0 Å². The molecule has 5 rings (SSSR count). The number of carboxylic acid groups (broad SMARTS) is 1. The van der Waals surface area contributed by atoms with Crippen LogP contribution in [0.1, 0.15) is 62.0 Å². The zero-order chi connectivity index (χ0) is 24.4. The van der Waals surface area contributed by atoms with Gasteiger partial charge in [0.2, 0.25) is 5.91 Å². The number of aliphatic carboxylic acids is 1. The van der Waals surface area contributed by atoms with E-state index >= 15 is 0 Å². The highest BCUT2D eigenvalue weighted by molar-refractivity contribution is 5.86. The fraction of sp³-hybridized carbons (Fsp3) is 0.464. The Morgan fingerprint density at radius 3 is 2.20 bits per heavy atom. The van der Waals surface area contributed by atoms with E-state index < -0.39 is 17.5 Å². The molecule has 0 spiro atoms. The van der Waals surface area contributed by atoms with Gasteiger partial charge in [-0.25, -0.2) is 4.79 Å². The topological polar surface area (TPSA) is 105 Å². The molecule has 2 amide bonds. The summed E-state index contributed by atoms with van der Waals surface area (Å²) in [5.74, 6) is -0.951. The van der Waals surface area contributed by atoms with Crippen LogP contribution in [0.3, 0.4) is 0 Å². The molecule has 0 aliphatic heterocycles. The minimum Gasteiger partial charge on any atom is -0.481 e. The van der Waals surface area contributed by atoms with Crippen molar-refractivity contribution in [3.63, 3.8) is 0 Å². The van der Waals surface area contributed by atoms with Gasteiger partial charge in [0.1, 0.15) is 6.61 Å². The van der Waals surface area contributed by atoms with E-state index in [0.29, 0.717) is 12.8 Å². The van der Waals surface area contributed by atoms with Gasteiger partial charge in [-0.05, 0) is 53.9 Å². The van der Waals surface area contributed by atoms with Gasteiger partial charge < -0.3 is 20.5 Å². The van der Waals surface area contributed by atoms with Crippen LogP contribution in [0.4, 0.5) is 4.79 Å². The number of fused-ring (bicyclic) bond motifs is 3. The molecule has 2 atom stereocenters. The third-order valence-electron chi connectivity index (χ3n) is 7.91. The Morgan fingerprint density at radius 1 is 0.943 bits per heavy atom. The molecule has 7 nitrogen and oxygen atoms in total. The summed E-state index contributed by atoms with van der Waals surface area (Å²) in [6.07, 6.45) is 4.59.